The van der Waals surface area contributed by atoms with Crippen LogP contribution in [-0.4, -0.2) is 35.6 Å². The van der Waals surface area contributed by atoms with E-state index < -0.39 is 0 Å². The predicted octanol–water partition coefficient (Wildman–Crippen LogP) is 1.98. The fourth-order valence-corrected chi connectivity index (χ4v) is 1.76. The lowest BCUT2D eigenvalue weighted by Gasteiger charge is -2.27. The fraction of sp³-hybridized carbons (Fsp3) is 0.750. The van der Waals surface area contributed by atoms with Crippen molar-refractivity contribution in [3.05, 3.63) is 12.7 Å². The van der Waals surface area contributed by atoms with E-state index in [1.54, 1.807) is 0 Å². The summed E-state index contributed by atoms with van der Waals surface area (Å²) in [5, 5.41) is 0. The molecule has 0 bridgehead atoms. The molecular formula is C12H21NO2. The minimum atomic E-state index is -0.133. The molecule has 1 rings (SSSR count). The van der Waals surface area contributed by atoms with E-state index in [-0.39, 0.29) is 17.6 Å². The lowest BCUT2D eigenvalue weighted by molar-refractivity contribution is -0.129. The summed E-state index contributed by atoms with van der Waals surface area (Å²) in [6, 6.07) is 0.231. The van der Waals surface area contributed by atoms with Gasteiger partial charge in [-0.15, -0.1) is 0 Å². The molecular weight excluding hydrogens is 190 g/mol. The van der Waals surface area contributed by atoms with Crippen LogP contribution in [0, 0.1) is 0 Å². The maximum Gasteiger partial charge on any atom is 0.246 e. The molecule has 1 aliphatic rings. The molecule has 0 spiro atoms. The highest BCUT2D eigenvalue weighted by Gasteiger charge is 2.28. The van der Waals surface area contributed by atoms with Crippen LogP contribution >= 0.6 is 0 Å². The highest BCUT2D eigenvalue weighted by atomic mass is 16.5. The predicted molar refractivity (Wildman–Crippen MR) is 60.6 cm³/mol. The third kappa shape index (κ3) is 3.67. The number of hydrogen-bond acceptors (Lipinski definition) is 2. The summed E-state index contributed by atoms with van der Waals surface area (Å²) in [5.74, 6) is 0.0232. The first-order chi connectivity index (χ1) is 6.94. The van der Waals surface area contributed by atoms with Crippen molar-refractivity contribution in [1.29, 1.82) is 0 Å². The van der Waals surface area contributed by atoms with Gasteiger partial charge in [0.1, 0.15) is 0 Å². The Hall–Kier alpha value is -0.830. The van der Waals surface area contributed by atoms with Crippen LogP contribution < -0.4 is 0 Å². The van der Waals surface area contributed by atoms with Crippen LogP contribution in [0.25, 0.3) is 0 Å². The summed E-state index contributed by atoms with van der Waals surface area (Å²) in [6.45, 7) is 11.1. The Morgan fingerprint density at radius 3 is 2.80 bits per heavy atom. The van der Waals surface area contributed by atoms with Gasteiger partial charge < -0.3 is 9.64 Å². The van der Waals surface area contributed by atoms with Crippen LogP contribution in [-0.2, 0) is 9.53 Å². The maximum absolute atomic E-state index is 11.5. The van der Waals surface area contributed by atoms with E-state index in [0.29, 0.717) is 6.61 Å². The third-order valence-corrected chi connectivity index (χ3v) is 2.54. The molecule has 0 unspecified atom stereocenters. The molecule has 0 radical (unpaired) electrons. The van der Waals surface area contributed by atoms with Crippen molar-refractivity contribution < 1.29 is 9.53 Å². The first-order valence-corrected chi connectivity index (χ1v) is 5.51. The fourth-order valence-electron chi connectivity index (χ4n) is 1.76. The zero-order valence-electron chi connectivity index (χ0n) is 9.95. The highest BCUT2D eigenvalue weighted by Crippen LogP contribution is 2.20. The smallest absolute Gasteiger partial charge is 0.246 e. The van der Waals surface area contributed by atoms with Crippen LogP contribution in [0.3, 0.4) is 0 Å². The van der Waals surface area contributed by atoms with Gasteiger partial charge in [0.15, 0.2) is 0 Å². The first-order valence-electron chi connectivity index (χ1n) is 5.51. The Morgan fingerprint density at radius 2 is 2.27 bits per heavy atom. The Balaban J connectivity index is 2.47. The average molecular weight is 211 g/mol. The molecule has 3 heteroatoms. The number of amides is 1. The van der Waals surface area contributed by atoms with Crippen LogP contribution in [0.4, 0.5) is 0 Å². The molecule has 1 amide bonds. The second kappa shape index (κ2) is 4.79. The van der Waals surface area contributed by atoms with Gasteiger partial charge in [-0.25, -0.2) is 0 Å². The summed E-state index contributed by atoms with van der Waals surface area (Å²) < 4.78 is 5.71. The standard InChI is InChI=1S/C12H21NO2/c1-5-11(14)13-8-6-7-10(13)9-15-12(2,3)4/h5,10H,1,6-9H2,2-4H3/t10-/m0/s1. The van der Waals surface area contributed by atoms with Crippen molar-refractivity contribution in [1.82, 2.24) is 4.90 Å². The number of hydrogen-bond donors (Lipinski definition) is 0. The first kappa shape index (κ1) is 12.2. The van der Waals surface area contributed by atoms with Gasteiger partial charge in [-0.2, -0.15) is 0 Å². The molecule has 1 heterocycles. The third-order valence-electron chi connectivity index (χ3n) is 2.54. The second-order valence-corrected chi connectivity index (χ2v) is 4.96. The summed E-state index contributed by atoms with van der Waals surface area (Å²) in [7, 11) is 0. The van der Waals surface area contributed by atoms with Crippen molar-refractivity contribution >= 4 is 5.91 Å². The number of ether oxygens (including phenoxy) is 1. The van der Waals surface area contributed by atoms with Gasteiger partial charge in [-0.1, -0.05) is 6.58 Å². The van der Waals surface area contributed by atoms with E-state index in [1.165, 1.54) is 6.08 Å². The van der Waals surface area contributed by atoms with E-state index in [4.69, 9.17) is 4.74 Å². The maximum atomic E-state index is 11.5. The van der Waals surface area contributed by atoms with Gasteiger partial charge in [0.25, 0.3) is 0 Å². The van der Waals surface area contributed by atoms with E-state index >= 15 is 0 Å². The average Bonchev–Trinajstić information content (AvgIpc) is 2.60. The topological polar surface area (TPSA) is 29.5 Å². The molecule has 1 aliphatic heterocycles. The van der Waals surface area contributed by atoms with Crippen molar-refractivity contribution in [2.45, 2.75) is 45.3 Å². The van der Waals surface area contributed by atoms with Crippen LogP contribution in [0.5, 0.6) is 0 Å². The highest BCUT2D eigenvalue weighted by molar-refractivity contribution is 5.87. The molecule has 1 atom stereocenters. The zero-order chi connectivity index (χ0) is 11.5. The molecule has 0 aromatic rings. The number of carbonyl (C=O) groups is 1. The molecule has 3 nitrogen and oxygen atoms in total. The van der Waals surface area contributed by atoms with E-state index in [9.17, 15) is 4.79 Å². The molecule has 1 fully saturated rings. The monoisotopic (exact) mass is 211 g/mol. The van der Waals surface area contributed by atoms with Gasteiger partial charge in [0.2, 0.25) is 5.91 Å². The normalized spacial score (nSPS) is 21.8. The van der Waals surface area contributed by atoms with E-state index in [2.05, 4.69) is 6.58 Å². The number of nitrogens with zero attached hydrogens (tertiary/aromatic N) is 1. The van der Waals surface area contributed by atoms with Crippen molar-refractivity contribution in [2.24, 2.45) is 0 Å². The molecule has 0 saturated carbocycles. The van der Waals surface area contributed by atoms with Crippen molar-refractivity contribution in [2.75, 3.05) is 13.2 Å². The summed E-state index contributed by atoms with van der Waals surface area (Å²) >= 11 is 0. The molecule has 0 aromatic carbocycles. The Labute approximate surface area is 92.1 Å². The summed E-state index contributed by atoms with van der Waals surface area (Å²) in [6.07, 6.45) is 3.49. The minimum Gasteiger partial charge on any atom is -0.374 e. The number of rotatable bonds is 3. The zero-order valence-corrected chi connectivity index (χ0v) is 9.95. The number of likely N-dealkylation sites (tertiary alicyclic amines) is 1. The molecule has 1 saturated heterocycles. The largest absolute Gasteiger partial charge is 0.374 e. The van der Waals surface area contributed by atoms with Crippen LogP contribution in [0.15, 0.2) is 12.7 Å². The molecule has 0 N–H and O–H groups in total. The van der Waals surface area contributed by atoms with Gasteiger partial charge in [-0.05, 0) is 39.7 Å². The van der Waals surface area contributed by atoms with Crippen molar-refractivity contribution in [3.63, 3.8) is 0 Å². The lowest BCUT2D eigenvalue weighted by atomic mass is 10.2. The van der Waals surface area contributed by atoms with Gasteiger partial charge in [-0.3, -0.25) is 4.79 Å². The summed E-state index contributed by atoms with van der Waals surface area (Å²) in [5.41, 5.74) is -0.133. The van der Waals surface area contributed by atoms with Gasteiger partial charge in [0, 0.05) is 6.54 Å². The van der Waals surface area contributed by atoms with E-state index in [1.807, 2.05) is 25.7 Å². The van der Waals surface area contributed by atoms with Crippen LogP contribution in [0.1, 0.15) is 33.6 Å². The number of carbonyl (C=O) groups excluding carboxylic acids is 1. The van der Waals surface area contributed by atoms with E-state index in [0.717, 1.165) is 19.4 Å². The molecule has 0 aliphatic carbocycles. The van der Waals surface area contributed by atoms with Gasteiger partial charge in [0.05, 0.1) is 18.2 Å². The Bertz CT molecular complexity index is 242. The molecule has 15 heavy (non-hydrogen) atoms. The molecule has 86 valence electrons. The Morgan fingerprint density at radius 1 is 1.60 bits per heavy atom. The SMILES string of the molecule is C=CC(=O)N1CCC[C@H]1COC(C)(C)C. The second-order valence-electron chi connectivity index (χ2n) is 4.96. The van der Waals surface area contributed by atoms with Crippen LogP contribution in [0.2, 0.25) is 0 Å². The lowest BCUT2D eigenvalue weighted by Crippen LogP contribution is -2.39. The summed E-state index contributed by atoms with van der Waals surface area (Å²) in [4.78, 5) is 13.4. The molecule has 0 aromatic heterocycles. The Kier molecular flexibility index (Phi) is 3.91. The quantitative estimate of drug-likeness (QED) is 0.668. The van der Waals surface area contributed by atoms with Gasteiger partial charge >= 0.3 is 0 Å². The van der Waals surface area contributed by atoms with Crippen molar-refractivity contribution in [3.8, 4) is 0 Å². The minimum absolute atomic E-state index is 0.0232.